The Kier molecular flexibility index (Phi) is 5.03. The van der Waals surface area contributed by atoms with Crippen LogP contribution in [0.15, 0.2) is 29.3 Å². The van der Waals surface area contributed by atoms with Gasteiger partial charge in [0.05, 0.1) is 12.3 Å². The first-order valence-corrected chi connectivity index (χ1v) is 8.61. The van der Waals surface area contributed by atoms with E-state index in [1.165, 1.54) is 15.6 Å². The summed E-state index contributed by atoms with van der Waals surface area (Å²) in [6, 6.07) is 4.64. The van der Waals surface area contributed by atoms with E-state index in [1.54, 1.807) is 19.9 Å². The summed E-state index contributed by atoms with van der Waals surface area (Å²) in [5.74, 6) is -0.476. The molecule has 1 atom stereocenters. The number of carbonyl (C=O) groups is 1. The van der Waals surface area contributed by atoms with E-state index in [-0.39, 0.29) is 12.1 Å². The highest BCUT2D eigenvalue weighted by Crippen LogP contribution is 2.21. The number of carbonyl (C=O) groups excluding carboxylic acids is 1. The maximum Gasteiger partial charge on any atom is 0.329 e. The molecule has 0 amide bonds. The molecule has 0 fully saturated rings. The number of esters is 1. The second kappa shape index (κ2) is 7.25. The predicted octanol–water partition coefficient (Wildman–Crippen LogP) is 2.45. The summed E-state index contributed by atoms with van der Waals surface area (Å²) >= 11 is 6.16. The molecule has 0 aliphatic heterocycles. The summed E-state index contributed by atoms with van der Waals surface area (Å²) in [6.07, 6.45) is 1.72. The van der Waals surface area contributed by atoms with Crippen LogP contribution in [0.4, 0.5) is 0 Å². The molecule has 0 unspecified atom stereocenters. The minimum Gasteiger partial charge on any atom is -0.464 e. The maximum atomic E-state index is 12.8. The van der Waals surface area contributed by atoms with Crippen molar-refractivity contribution in [3.05, 3.63) is 45.5 Å². The molecule has 2 aromatic heterocycles. The molecule has 0 bridgehead atoms. The monoisotopic (exact) mass is 375 g/mol. The van der Waals surface area contributed by atoms with Gasteiger partial charge in [0.2, 0.25) is 0 Å². The lowest BCUT2D eigenvalue weighted by Crippen LogP contribution is -2.31. The fourth-order valence-electron chi connectivity index (χ4n) is 2.65. The standard InChI is InChI=1S/C17H18ClN5O3/c1-4-13(17(25)26-5-2)22-9-19-15-14(16(22)24)20-21-23(15)11-7-6-10(3)12(18)8-11/h6-9,13H,4-5H2,1-3H3/t13-/m0/s1. The van der Waals surface area contributed by atoms with Gasteiger partial charge in [0.1, 0.15) is 12.4 Å². The van der Waals surface area contributed by atoms with E-state index in [0.29, 0.717) is 22.8 Å². The van der Waals surface area contributed by atoms with E-state index in [9.17, 15) is 9.59 Å². The molecule has 2 heterocycles. The third-order valence-electron chi connectivity index (χ3n) is 4.07. The molecule has 0 N–H and O–H groups in total. The topological polar surface area (TPSA) is 91.9 Å². The summed E-state index contributed by atoms with van der Waals surface area (Å²) in [5, 5.41) is 8.55. The number of benzene rings is 1. The van der Waals surface area contributed by atoms with Crippen LogP contribution in [0.5, 0.6) is 0 Å². The lowest BCUT2D eigenvalue weighted by Gasteiger charge is -2.15. The number of rotatable bonds is 5. The second-order valence-corrected chi connectivity index (χ2v) is 6.15. The Morgan fingerprint density at radius 3 is 2.77 bits per heavy atom. The van der Waals surface area contributed by atoms with Crippen LogP contribution < -0.4 is 5.56 Å². The van der Waals surface area contributed by atoms with Crippen LogP contribution in [0.1, 0.15) is 31.9 Å². The molecule has 3 rings (SSSR count). The van der Waals surface area contributed by atoms with Crippen molar-refractivity contribution in [3.8, 4) is 5.69 Å². The van der Waals surface area contributed by atoms with Gasteiger partial charge < -0.3 is 4.74 Å². The molecule has 0 aliphatic rings. The highest BCUT2D eigenvalue weighted by molar-refractivity contribution is 6.31. The van der Waals surface area contributed by atoms with Crippen LogP contribution >= 0.6 is 11.6 Å². The minimum atomic E-state index is -0.752. The zero-order valence-corrected chi connectivity index (χ0v) is 15.4. The van der Waals surface area contributed by atoms with Crippen molar-refractivity contribution in [1.29, 1.82) is 0 Å². The van der Waals surface area contributed by atoms with Crippen molar-refractivity contribution in [2.75, 3.05) is 6.61 Å². The van der Waals surface area contributed by atoms with Crippen LogP contribution in [0.3, 0.4) is 0 Å². The molecule has 0 aliphatic carbocycles. The highest BCUT2D eigenvalue weighted by Gasteiger charge is 2.23. The number of hydrogen-bond donors (Lipinski definition) is 0. The largest absolute Gasteiger partial charge is 0.464 e. The number of nitrogens with zero attached hydrogens (tertiary/aromatic N) is 5. The highest BCUT2D eigenvalue weighted by atomic mass is 35.5. The Hall–Kier alpha value is -2.74. The van der Waals surface area contributed by atoms with E-state index in [0.717, 1.165) is 5.56 Å². The quantitative estimate of drug-likeness (QED) is 0.636. The molecule has 3 aromatic rings. The second-order valence-electron chi connectivity index (χ2n) is 5.74. The summed E-state index contributed by atoms with van der Waals surface area (Å²) in [6.45, 7) is 5.64. The molecule has 26 heavy (non-hydrogen) atoms. The zero-order chi connectivity index (χ0) is 18.8. The Morgan fingerprint density at radius 2 is 2.12 bits per heavy atom. The molecule has 0 spiro atoms. The summed E-state index contributed by atoms with van der Waals surface area (Å²) in [7, 11) is 0. The third-order valence-corrected chi connectivity index (χ3v) is 4.48. The molecular formula is C17H18ClN5O3. The van der Waals surface area contributed by atoms with Gasteiger partial charge in [-0.25, -0.2) is 9.78 Å². The number of ether oxygens (including phenoxy) is 1. The van der Waals surface area contributed by atoms with Gasteiger partial charge in [0.25, 0.3) is 5.56 Å². The number of aromatic nitrogens is 5. The first-order chi connectivity index (χ1) is 12.5. The van der Waals surface area contributed by atoms with Crippen LogP contribution in [-0.4, -0.2) is 37.1 Å². The van der Waals surface area contributed by atoms with Crippen molar-refractivity contribution in [2.45, 2.75) is 33.2 Å². The van der Waals surface area contributed by atoms with Gasteiger partial charge in [-0.2, -0.15) is 4.68 Å². The van der Waals surface area contributed by atoms with Crippen LogP contribution in [-0.2, 0) is 9.53 Å². The third kappa shape index (κ3) is 3.08. The lowest BCUT2D eigenvalue weighted by molar-refractivity contribution is -0.147. The Morgan fingerprint density at radius 1 is 1.35 bits per heavy atom. The van der Waals surface area contributed by atoms with Crippen molar-refractivity contribution < 1.29 is 9.53 Å². The molecule has 136 valence electrons. The van der Waals surface area contributed by atoms with E-state index in [1.807, 2.05) is 19.1 Å². The van der Waals surface area contributed by atoms with Crippen molar-refractivity contribution in [2.24, 2.45) is 0 Å². The van der Waals surface area contributed by atoms with Crippen molar-refractivity contribution in [3.63, 3.8) is 0 Å². The number of halogens is 1. The molecular weight excluding hydrogens is 358 g/mol. The predicted molar refractivity (Wildman–Crippen MR) is 96.6 cm³/mol. The van der Waals surface area contributed by atoms with Gasteiger partial charge in [0, 0.05) is 5.02 Å². The van der Waals surface area contributed by atoms with E-state index in [4.69, 9.17) is 16.3 Å². The molecule has 0 saturated heterocycles. The Bertz CT molecular complexity index is 1030. The Balaban J connectivity index is 2.10. The van der Waals surface area contributed by atoms with Gasteiger partial charge in [0.15, 0.2) is 11.2 Å². The molecule has 8 nitrogen and oxygen atoms in total. The number of hydrogen-bond acceptors (Lipinski definition) is 6. The van der Waals surface area contributed by atoms with Gasteiger partial charge in [-0.15, -0.1) is 5.10 Å². The van der Waals surface area contributed by atoms with Crippen molar-refractivity contribution in [1.82, 2.24) is 24.5 Å². The smallest absolute Gasteiger partial charge is 0.329 e. The first-order valence-electron chi connectivity index (χ1n) is 8.23. The SMILES string of the molecule is CCOC(=O)[C@H](CC)n1cnc2c(nnn2-c2ccc(C)c(Cl)c2)c1=O. The molecule has 0 radical (unpaired) electrons. The summed E-state index contributed by atoms with van der Waals surface area (Å²) in [5.41, 5.74) is 1.50. The summed E-state index contributed by atoms with van der Waals surface area (Å²) < 4.78 is 7.71. The van der Waals surface area contributed by atoms with E-state index < -0.39 is 17.6 Å². The number of aryl methyl sites for hydroxylation is 1. The average molecular weight is 376 g/mol. The first kappa shape index (κ1) is 18.1. The number of fused-ring (bicyclic) bond motifs is 1. The molecule has 0 saturated carbocycles. The van der Waals surface area contributed by atoms with Crippen LogP contribution in [0.25, 0.3) is 16.9 Å². The van der Waals surface area contributed by atoms with Gasteiger partial charge >= 0.3 is 5.97 Å². The molecule has 1 aromatic carbocycles. The molecule has 9 heteroatoms. The van der Waals surface area contributed by atoms with Crippen LogP contribution in [0.2, 0.25) is 5.02 Å². The van der Waals surface area contributed by atoms with E-state index >= 15 is 0 Å². The van der Waals surface area contributed by atoms with E-state index in [2.05, 4.69) is 15.3 Å². The normalized spacial score (nSPS) is 12.3. The fraction of sp³-hybridized carbons (Fsp3) is 0.353. The van der Waals surface area contributed by atoms with Crippen molar-refractivity contribution >= 4 is 28.7 Å². The zero-order valence-electron chi connectivity index (χ0n) is 14.6. The van der Waals surface area contributed by atoms with Crippen LogP contribution in [0, 0.1) is 6.92 Å². The fourth-order valence-corrected chi connectivity index (χ4v) is 2.82. The maximum absolute atomic E-state index is 12.8. The average Bonchev–Trinajstić information content (AvgIpc) is 3.05. The van der Waals surface area contributed by atoms with Gasteiger partial charge in [-0.1, -0.05) is 29.8 Å². The van der Waals surface area contributed by atoms with Gasteiger partial charge in [-0.05, 0) is 38.0 Å². The lowest BCUT2D eigenvalue weighted by atomic mass is 10.2. The Labute approximate surface area is 154 Å². The van der Waals surface area contributed by atoms with Gasteiger partial charge in [-0.3, -0.25) is 9.36 Å². The summed E-state index contributed by atoms with van der Waals surface area (Å²) in [4.78, 5) is 29.2. The minimum absolute atomic E-state index is 0.0759.